The van der Waals surface area contributed by atoms with Gasteiger partial charge in [-0.25, -0.2) is 9.50 Å². The molecule has 33 heavy (non-hydrogen) atoms. The predicted octanol–water partition coefficient (Wildman–Crippen LogP) is 4.06. The van der Waals surface area contributed by atoms with Crippen molar-refractivity contribution in [2.45, 2.75) is 32.3 Å². The summed E-state index contributed by atoms with van der Waals surface area (Å²) in [6.45, 7) is 4.87. The minimum atomic E-state index is 0.357. The summed E-state index contributed by atoms with van der Waals surface area (Å²) in [5, 5.41) is 18.3. The smallest absolute Gasteiger partial charge is 0.128 e. The molecule has 0 saturated carbocycles. The van der Waals surface area contributed by atoms with Crippen LogP contribution in [0.2, 0.25) is 0 Å². The molecule has 1 saturated heterocycles. The van der Waals surface area contributed by atoms with Crippen molar-refractivity contribution < 1.29 is 4.74 Å². The summed E-state index contributed by atoms with van der Waals surface area (Å²) < 4.78 is 9.45. The van der Waals surface area contributed by atoms with E-state index in [0.717, 1.165) is 72.5 Å². The van der Waals surface area contributed by atoms with E-state index in [1.54, 1.807) is 15.4 Å². The second kappa shape index (κ2) is 9.04. The highest BCUT2D eigenvalue weighted by Crippen LogP contribution is 2.32. The molecule has 1 aliphatic heterocycles. The number of rotatable bonds is 6. The Balaban J connectivity index is 1.45. The van der Waals surface area contributed by atoms with Crippen molar-refractivity contribution >= 4 is 11.3 Å². The highest BCUT2D eigenvalue weighted by Gasteiger charge is 2.21. The Morgan fingerprint density at radius 2 is 1.91 bits per heavy atom. The first-order valence-corrected chi connectivity index (χ1v) is 11.4. The Hall–Kier alpha value is -3.70. The zero-order valence-electron chi connectivity index (χ0n) is 19.0. The lowest BCUT2D eigenvalue weighted by atomic mass is 10.0. The molecular weight excluding hydrogens is 414 g/mol. The van der Waals surface area contributed by atoms with Gasteiger partial charge in [0.05, 0.1) is 29.6 Å². The minimum Gasteiger partial charge on any atom is -0.378 e. The van der Waals surface area contributed by atoms with E-state index in [4.69, 9.17) is 9.72 Å². The lowest BCUT2D eigenvalue weighted by Crippen LogP contribution is -2.37. The molecule has 0 amide bonds. The van der Waals surface area contributed by atoms with Gasteiger partial charge in [-0.15, -0.1) is 0 Å². The van der Waals surface area contributed by atoms with Crippen LogP contribution < -0.4 is 4.90 Å². The van der Waals surface area contributed by atoms with E-state index in [2.05, 4.69) is 46.3 Å². The predicted molar refractivity (Wildman–Crippen MR) is 127 cm³/mol. The molecule has 0 atom stereocenters. The average Bonchev–Trinajstić information content (AvgIpc) is 3.48. The number of nitriles is 1. The largest absolute Gasteiger partial charge is 0.378 e. The van der Waals surface area contributed by atoms with Crippen LogP contribution in [0, 0.1) is 11.3 Å². The van der Waals surface area contributed by atoms with Gasteiger partial charge in [0, 0.05) is 67.6 Å². The van der Waals surface area contributed by atoms with Crippen molar-refractivity contribution in [2.75, 3.05) is 24.6 Å². The molecule has 0 aliphatic carbocycles. The van der Waals surface area contributed by atoms with Gasteiger partial charge in [-0.05, 0) is 37.5 Å². The quantitative estimate of drug-likeness (QED) is 0.449. The Morgan fingerprint density at radius 3 is 2.58 bits per heavy atom. The zero-order valence-corrected chi connectivity index (χ0v) is 19.0. The maximum absolute atomic E-state index is 9.63. The third-order valence-corrected chi connectivity index (χ3v) is 6.15. The van der Waals surface area contributed by atoms with Gasteiger partial charge in [0.1, 0.15) is 11.9 Å². The molecule has 1 aliphatic rings. The summed E-state index contributed by atoms with van der Waals surface area (Å²) in [5.41, 5.74) is 5.18. The molecule has 0 bridgehead atoms. The van der Waals surface area contributed by atoms with Gasteiger partial charge >= 0.3 is 0 Å². The van der Waals surface area contributed by atoms with Crippen LogP contribution in [0.5, 0.6) is 0 Å². The second-order valence-corrected chi connectivity index (χ2v) is 8.47. The number of fused-ring (bicyclic) bond motifs is 1. The number of aryl methyl sites for hydroxylation is 1. The number of hydrogen-bond donors (Lipinski definition) is 0. The highest BCUT2D eigenvalue weighted by atomic mass is 16.5. The van der Waals surface area contributed by atoms with Crippen LogP contribution in [0.3, 0.4) is 0 Å². The van der Waals surface area contributed by atoms with Crippen LogP contribution in [-0.4, -0.2) is 50.2 Å². The molecule has 1 fully saturated rings. The van der Waals surface area contributed by atoms with E-state index in [0.29, 0.717) is 11.7 Å². The van der Waals surface area contributed by atoms with E-state index in [-0.39, 0.29) is 0 Å². The van der Waals surface area contributed by atoms with Crippen molar-refractivity contribution in [1.82, 2.24) is 24.4 Å². The fraction of sp³-hybridized carbons (Fsp3) is 0.360. The maximum Gasteiger partial charge on any atom is 0.128 e. The first-order valence-electron chi connectivity index (χ1n) is 11.4. The molecule has 5 heterocycles. The topological polar surface area (TPSA) is 84.3 Å². The third kappa shape index (κ3) is 4.20. The van der Waals surface area contributed by atoms with Crippen LogP contribution >= 0.6 is 0 Å². The van der Waals surface area contributed by atoms with Crippen molar-refractivity contribution in [3.8, 4) is 28.3 Å². The molecule has 0 spiro atoms. The number of anilines is 1. The van der Waals surface area contributed by atoms with Gasteiger partial charge in [-0.2, -0.15) is 15.5 Å². The van der Waals surface area contributed by atoms with E-state index in [1.165, 1.54) is 0 Å². The second-order valence-electron chi connectivity index (χ2n) is 8.47. The fourth-order valence-electron chi connectivity index (χ4n) is 4.42. The molecule has 168 valence electrons. The maximum atomic E-state index is 9.63. The summed E-state index contributed by atoms with van der Waals surface area (Å²) in [7, 11) is 1.89. The van der Waals surface area contributed by atoms with Crippen LogP contribution in [0.1, 0.15) is 31.7 Å². The number of aromatic nitrogens is 5. The SMILES string of the molecule is CCCOC1CCN(c2ccc(-c3cc(-c4cnn(C)c4)cn4ncc(C#N)c34)cn2)CC1. The summed E-state index contributed by atoms with van der Waals surface area (Å²) in [6.07, 6.45) is 12.7. The van der Waals surface area contributed by atoms with Crippen molar-refractivity contribution in [1.29, 1.82) is 5.26 Å². The number of hydrogen-bond acceptors (Lipinski definition) is 6. The first-order chi connectivity index (χ1) is 16.2. The molecule has 0 N–H and O–H groups in total. The Bertz CT molecular complexity index is 1290. The van der Waals surface area contributed by atoms with E-state index < -0.39 is 0 Å². The Morgan fingerprint density at radius 1 is 1.06 bits per heavy atom. The summed E-state index contributed by atoms with van der Waals surface area (Å²) in [4.78, 5) is 7.09. The van der Waals surface area contributed by atoms with Crippen LogP contribution in [0.25, 0.3) is 27.8 Å². The van der Waals surface area contributed by atoms with Crippen LogP contribution in [-0.2, 0) is 11.8 Å². The normalized spacial score (nSPS) is 14.6. The van der Waals surface area contributed by atoms with Crippen molar-refractivity contribution in [3.05, 3.63) is 54.7 Å². The number of ether oxygens (including phenoxy) is 1. The lowest BCUT2D eigenvalue weighted by molar-refractivity contribution is 0.0374. The average molecular weight is 442 g/mol. The van der Waals surface area contributed by atoms with Gasteiger partial charge in [0.25, 0.3) is 0 Å². The number of nitrogens with zero attached hydrogens (tertiary/aromatic N) is 7. The van der Waals surface area contributed by atoms with E-state index >= 15 is 0 Å². The molecule has 8 nitrogen and oxygen atoms in total. The van der Waals surface area contributed by atoms with Gasteiger partial charge in [-0.3, -0.25) is 4.68 Å². The van der Waals surface area contributed by atoms with Gasteiger partial charge in [-0.1, -0.05) is 6.92 Å². The van der Waals surface area contributed by atoms with Crippen molar-refractivity contribution in [3.63, 3.8) is 0 Å². The first kappa shape index (κ1) is 21.2. The zero-order chi connectivity index (χ0) is 22.8. The summed E-state index contributed by atoms with van der Waals surface area (Å²) in [6, 6.07) is 8.50. The number of piperidine rings is 1. The lowest BCUT2D eigenvalue weighted by Gasteiger charge is -2.32. The summed E-state index contributed by atoms with van der Waals surface area (Å²) in [5.74, 6) is 0.973. The molecule has 0 radical (unpaired) electrons. The molecule has 0 unspecified atom stereocenters. The molecule has 4 aromatic heterocycles. The highest BCUT2D eigenvalue weighted by molar-refractivity contribution is 5.87. The summed E-state index contributed by atoms with van der Waals surface area (Å²) >= 11 is 0. The van der Waals surface area contributed by atoms with Gasteiger partial charge in [0.2, 0.25) is 0 Å². The molecule has 8 heteroatoms. The van der Waals surface area contributed by atoms with E-state index in [9.17, 15) is 5.26 Å². The monoisotopic (exact) mass is 441 g/mol. The minimum absolute atomic E-state index is 0.357. The van der Waals surface area contributed by atoms with Gasteiger partial charge < -0.3 is 9.64 Å². The van der Waals surface area contributed by atoms with E-state index in [1.807, 2.05) is 31.8 Å². The molecule has 5 rings (SSSR count). The standard InChI is InChI=1S/C25H27N7O/c1-3-10-33-22-6-8-31(9-7-22)24-5-4-18(13-27-24)23-11-19(21-15-28-30(2)16-21)17-32-25(23)20(12-26)14-29-32/h4-5,11,13-17,22H,3,6-10H2,1-2H3. The fourth-order valence-corrected chi connectivity index (χ4v) is 4.42. The van der Waals surface area contributed by atoms with Gasteiger partial charge in [0.15, 0.2) is 0 Å². The number of pyridine rings is 2. The molecular formula is C25H27N7O. The Kier molecular flexibility index (Phi) is 5.80. The molecule has 0 aromatic carbocycles. The molecule has 4 aromatic rings. The van der Waals surface area contributed by atoms with Crippen molar-refractivity contribution in [2.24, 2.45) is 7.05 Å². The Labute approximate surface area is 193 Å². The van der Waals surface area contributed by atoms with Crippen LogP contribution in [0.15, 0.2) is 49.2 Å². The third-order valence-electron chi connectivity index (χ3n) is 6.15. The van der Waals surface area contributed by atoms with Crippen LogP contribution in [0.4, 0.5) is 5.82 Å².